The third-order valence-electron chi connectivity index (χ3n) is 2.59. The van der Waals surface area contributed by atoms with Gasteiger partial charge in [0.15, 0.2) is 5.82 Å². The van der Waals surface area contributed by atoms with Gasteiger partial charge < -0.3 is 5.32 Å². The lowest BCUT2D eigenvalue weighted by Crippen LogP contribution is -2.17. The fraction of sp³-hybridized carbons (Fsp3) is 0. The Kier molecular flexibility index (Phi) is 3.52. The van der Waals surface area contributed by atoms with Crippen molar-refractivity contribution in [3.8, 4) is 5.69 Å². The van der Waals surface area contributed by atoms with Crippen LogP contribution >= 0.6 is 24.0 Å². The fourth-order valence-corrected chi connectivity index (χ4v) is 2.71. The molecule has 3 rings (SSSR count). The van der Waals surface area contributed by atoms with Gasteiger partial charge in [-0.3, -0.25) is 4.79 Å². The van der Waals surface area contributed by atoms with Crippen LogP contribution in [0.4, 0.5) is 8.78 Å². The zero-order valence-electron chi connectivity index (χ0n) is 10.2. The number of nitrogens with one attached hydrogen (secondary N) is 1. The quantitative estimate of drug-likeness (QED) is 0.677. The number of thioether (sulfide) groups is 1. The van der Waals surface area contributed by atoms with Gasteiger partial charge in [0.1, 0.15) is 21.5 Å². The highest BCUT2D eigenvalue weighted by Crippen LogP contribution is 2.25. The zero-order valence-corrected chi connectivity index (χ0v) is 11.8. The van der Waals surface area contributed by atoms with Gasteiger partial charge in [0.05, 0.1) is 11.1 Å². The van der Waals surface area contributed by atoms with Crippen molar-refractivity contribution in [2.75, 3.05) is 0 Å². The number of amides is 1. The molecule has 0 aliphatic carbocycles. The molecule has 1 saturated heterocycles. The van der Waals surface area contributed by atoms with Gasteiger partial charge >= 0.3 is 0 Å². The fourth-order valence-electron chi connectivity index (χ4n) is 1.68. The molecular weight excluding hydrogens is 318 g/mol. The minimum absolute atomic E-state index is 0.0626. The molecule has 1 amide bonds. The van der Waals surface area contributed by atoms with Crippen molar-refractivity contribution in [1.82, 2.24) is 20.3 Å². The Morgan fingerprint density at radius 3 is 2.86 bits per heavy atom. The summed E-state index contributed by atoms with van der Waals surface area (Å²) < 4.78 is 28.0. The first-order chi connectivity index (χ1) is 10.0. The molecule has 0 radical (unpaired) electrons. The van der Waals surface area contributed by atoms with Gasteiger partial charge in [0, 0.05) is 6.07 Å². The SMILES string of the molecule is O=C1NC(=S)S/C1=C\c1cn(-c2ccc(F)cc2F)nn1. The number of aromatic nitrogens is 3. The van der Waals surface area contributed by atoms with Crippen molar-refractivity contribution in [3.63, 3.8) is 0 Å². The number of halogens is 2. The first-order valence-electron chi connectivity index (χ1n) is 5.65. The summed E-state index contributed by atoms with van der Waals surface area (Å²) in [5.74, 6) is -1.74. The van der Waals surface area contributed by atoms with Crippen molar-refractivity contribution in [2.24, 2.45) is 0 Å². The summed E-state index contributed by atoms with van der Waals surface area (Å²) in [6.07, 6.45) is 2.92. The molecule has 0 atom stereocenters. The number of carbonyl (C=O) groups is 1. The topological polar surface area (TPSA) is 59.8 Å². The maximum absolute atomic E-state index is 13.6. The van der Waals surface area contributed by atoms with E-state index < -0.39 is 11.6 Å². The number of benzene rings is 1. The summed E-state index contributed by atoms with van der Waals surface area (Å²) in [5.41, 5.74) is 0.425. The predicted octanol–water partition coefficient (Wildman–Crippen LogP) is 2.03. The van der Waals surface area contributed by atoms with Gasteiger partial charge in [-0.1, -0.05) is 29.2 Å². The number of rotatable bonds is 2. The Morgan fingerprint density at radius 2 is 2.19 bits per heavy atom. The van der Waals surface area contributed by atoms with Crippen molar-refractivity contribution in [2.45, 2.75) is 0 Å². The monoisotopic (exact) mass is 324 g/mol. The van der Waals surface area contributed by atoms with E-state index in [4.69, 9.17) is 12.2 Å². The molecule has 1 aliphatic heterocycles. The molecule has 1 fully saturated rings. The molecular formula is C12H6F2N4OS2. The van der Waals surface area contributed by atoms with E-state index in [0.717, 1.165) is 28.6 Å². The van der Waals surface area contributed by atoms with E-state index in [1.807, 2.05) is 0 Å². The molecule has 5 nitrogen and oxygen atoms in total. The molecule has 1 aromatic heterocycles. The van der Waals surface area contributed by atoms with Crippen LogP contribution in [-0.2, 0) is 4.79 Å². The smallest absolute Gasteiger partial charge is 0.263 e. The summed E-state index contributed by atoms with van der Waals surface area (Å²) in [6, 6.07) is 3.13. The lowest BCUT2D eigenvalue weighted by Gasteiger charge is -2.00. The number of thiocarbonyl (C=S) groups is 1. The Bertz CT molecular complexity index is 787. The molecule has 0 spiro atoms. The van der Waals surface area contributed by atoms with E-state index in [0.29, 0.717) is 14.9 Å². The second-order valence-corrected chi connectivity index (χ2v) is 5.75. The zero-order chi connectivity index (χ0) is 15.0. The van der Waals surface area contributed by atoms with Gasteiger partial charge in [-0.15, -0.1) is 5.10 Å². The molecule has 106 valence electrons. The highest BCUT2D eigenvalue weighted by molar-refractivity contribution is 8.26. The summed E-state index contributed by atoms with van der Waals surface area (Å²) in [4.78, 5) is 11.9. The molecule has 2 heterocycles. The summed E-state index contributed by atoms with van der Waals surface area (Å²) >= 11 is 5.97. The minimum Gasteiger partial charge on any atom is -0.307 e. The van der Waals surface area contributed by atoms with Gasteiger partial charge in [0.25, 0.3) is 5.91 Å². The minimum atomic E-state index is -0.756. The number of hydrogen-bond acceptors (Lipinski definition) is 5. The lowest BCUT2D eigenvalue weighted by molar-refractivity contribution is -0.115. The van der Waals surface area contributed by atoms with E-state index in [-0.39, 0.29) is 11.6 Å². The van der Waals surface area contributed by atoms with E-state index in [2.05, 4.69) is 15.6 Å². The van der Waals surface area contributed by atoms with E-state index >= 15 is 0 Å². The number of hydrogen-bond donors (Lipinski definition) is 1. The van der Waals surface area contributed by atoms with Crippen LogP contribution in [0.1, 0.15) is 5.69 Å². The Hall–Kier alpha value is -2.13. The number of carbonyl (C=O) groups excluding carboxylic acids is 1. The highest BCUT2D eigenvalue weighted by atomic mass is 32.2. The average Bonchev–Trinajstić information content (AvgIpc) is 2.97. The molecule has 1 N–H and O–H groups in total. The summed E-state index contributed by atoms with van der Waals surface area (Å²) in [5, 5.41) is 10.0. The first-order valence-corrected chi connectivity index (χ1v) is 6.88. The van der Waals surface area contributed by atoms with Crippen LogP contribution in [0.15, 0.2) is 29.3 Å². The van der Waals surface area contributed by atoms with Crippen LogP contribution in [0, 0.1) is 11.6 Å². The third-order valence-corrected chi connectivity index (χ3v) is 3.75. The van der Waals surface area contributed by atoms with Crippen molar-refractivity contribution >= 4 is 40.3 Å². The van der Waals surface area contributed by atoms with Crippen LogP contribution in [0.5, 0.6) is 0 Å². The molecule has 1 aliphatic rings. The standard InChI is InChI=1S/C12H6F2N4OS2/c13-6-1-2-9(8(14)3-6)18-5-7(16-17-18)4-10-11(19)15-12(20)21-10/h1-5H,(H,15,19,20)/b10-4-. The molecule has 2 aromatic rings. The second-order valence-electron chi connectivity index (χ2n) is 4.04. The van der Waals surface area contributed by atoms with E-state index in [9.17, 15) is 13.6 Å². The van der Waals surface area contributed by atoms with E-state index in [1.54, 1.807) is 0 Å². The van der Waals surface area contributed by atoms with Crippen molar-refractivity contribution in [3.05, 3.63) is 46.6 Å². The predicted molar refractivity (Wildman–Crippen MR) is 77.6 cm³/mol. The number of nitrogens with zero attached hydrogens (tertiary/aromatic N) is 3. The van der Waals surface area contributed by atoms with Gasteiger partial charge in [-0.25, -0.2) is 13.5 Å². The normalized spacial score (nSPS) is 16.6. The molecule has 0 unspecified atom stereocenters. The van der Waals surface area contributed by atoms with Crippen LogP contribution in [0.25, 0.3) is 11.8 Å². The Morgan fingerprint density at radius 1 is 1.38 bits per heavy atom. The maximum atomic E-state index is 13.6. The van der Waals surface area contributed by atoms with Gasteiger partial charge in [-0.2, -0.15) is 0 Å². The summed E-state index contributed by atoms with van der Waals surface area (Å²) in [6.45, 7) is 0. The lowest BCUT2D eigenvalue weighted by atomic mass is 10.3. The van der Waals surface area contributed by atoms with Crippen LogP contribution in [0.3, 0.4) is 0 Å². The highest BCUT2D eigenvalue weighted by Gasteiger charge is 2.22. The Balaban J connectivity index is 1.92. The second kappa shape index (κ2) is 5.34. The third kappa shape index (κ3) is 2.83. The Labute approximate surface area is 127 Å². The summed E-state index contributed by atoms with van der Waals surface area (Å²) in [7, 11) is 0. The largest absolute Gasteiger partial charge is 0.307 e. The first kappa shape index (κ1) is 13.8. The molecule has 1 aromatic carbocycles. The van der Waals surface area contributed by atoms with Gasteiger partial charge in [-0.05, 0) is 18.2 Å². The van der Waals surface area contributed by atoms with Crippen molar-refractivity contribution < 1.29 is 13.6 Å². The van der Waals surface area contributed by atoms with Crippen LogP contribution in [-0.4, -0.2) is 25.2 Å². The van der Waals surface area contributed by atoms with Crippen molar-refractivity contribution in [1.29, 1.82) is 0 Å². The average molecular weight is 324 g/mol. The molecule has 0 bridgehead atoms. The van der Waals surface area contributed by atoms with Crippen LogP contribution in [0.2, 0.25) is 0 Å². The molecule has 0 saturated carbocycles. The van der Waals surface area contributed by atoms with Crippen LogP contribution < -0.4 is 5.32 Å². The van der Waals surface area contributed by atoms with E-state index in [1.165, 1.54) is 18.3 Å². The van der Waals surface area contributed by atoms with Gasteiger partial charge in [0.2, 0.25) is 0 Å². The molecule has 21 heavy (non-hydrogen) atoms. The molecule has 9 heteroatoms. The maximum Gasteiger partial charge on any atom is 0.263 e.